The molecule has 0 spiro atoms. The number of thioether (sulfide) groups is 1. The Bertz CT molecular complexity index is 502. The van der Waals surface area contributed by atoms with Gasteiger partial charge in [-0.05, 0) is 48.5 Å². The van der Waals surface area contributed by atoms with E-state index < -0.39 is 0 Å². The first-order valence-corrected chi connectivity index (χ1v) is 8.77. The van der Waals surface area contributed by atoms with Crippen molar-refractivity contribution in [1.29, 1.82) is 0 Å². The Balaban J connectivity index is 1.88. The number of amides is 1. The molecule has 2 unspecified atom stereocenters. The molecule has 2 aliphatic rings. The summed E-state index contributed by atoms with van der Waals surface area (Å²) >= 11 is 1.96. The summed E-state index contributed by atoms with van der Waals surface area (Å²) in [5.74, 6) is 2.18. The Hall–Kier alpha value is -1.07. The van der Waals surface area contributed by atoms with Gasteiger partial charge < -0.3 is 4.90 Å². The van der Waals surface area contributed by atoms with E-state index in [1.54, 1.807) is 12.1 Å². The Morgan fingerprint density at radius 1 is 1.29 bits per heavy atom. The molecule has 0 radical (unpaired) electrons. The lowest BCUT2D eigenvalue weighted by Gasteiger charge is -2.35. The number of nitrogens with zero attached hydrogens (tertiary/aromatic N) is 1. The van der Waals surface area contributed by atoms with Crippen molar-refractivity contribution in [2.24, 2.45) is 0 Å². The number of benzene rings is 1. The fraction of sp³-hybridized carbons (Fsp3) is 0.562. The highest BCUT2D eigenvalue weighted by Crippen LogP contribution is 2.33. The van der Waals surface area contributed by atoms with Crippen LogP contribution in [0.2, 0.25) is 0 Å². The summed E-state index contributed by atoms with van der Waals surface area (Å²) in [6.45, 7) is 2.03. The molecule has 3 nitrogen and oxygen atoms in total. The van der Waals surface area contributed by atoms with Crippen LogP contribution in [0.4, 0.5) is 4.39 Å². The van der Waals surface area contributed by atoms with Gasteiger partial charge in [-0.1, -0.05) is 19.1 Å². The zero-order valence-corrected chi connectivity index (χ0v) is 13.0. The smallest absolute Gasteiger partial charge is 0.241 e. The minimum atomic E-state index is -0.240. The van der Waals surface area contributed by atoms with Crippen molar-refractivity contribution in [2.45, 2.75) is 44.4 Å². The van der Waals surface area contributed by atoms with Gasteiger partial charge in [0.05, 0.1) is 6.04 Å². The number of halogens is 1. The van der Waals surface area contributed by atoms with Gasteiger partial charge in [-0.25, -0.2) is 4.39 Å². The molecule has 2 saturated heterocycles. The molecule has 2 fully saturated rings. The predicted molar refractivity (Wildman–Crippen MR) is 83.5 cm³/mol. The number of nitrogens with one attached hydrogen (secondary N) is 1. The van der Waals surface area contributed by atoms with E-state index >= 15 is 0 Å². The summed E-state index contributed by atoms with van der Waals surface area (Å²) in [6.07, 6.45) is 2.77. The third-order valence-corrected chi connectivity index (χ3v) is 5.42. The van der Waals surface area contributed by atoms with Crippen molar-refractivity contribution >= 4 is 17.7 Å². The van der Waals surface area contributed by atoms with Crippen LogP contribution in [0.1, 0.15) is 37.9 Å². The van der Waals surface area contributed by atoms with Crippen molar-refractivity contribution < 1.29 is 9.18 Å². The second-order valence-corrected chi connectivity index (χ2v) is 6.90. The molecule has 0 bridgehead atoms. The van der Waals surface area contributed by atoms with E-state index in [9.17, 15) is 9.18 Å². The van der Waals surface area contributed by atoms with E-state index in [0.29, 0.717) is 6.04 Å². The van der Waals surface area contributed by atoms with Gasteiger partial charge in [0.1, 0.15) is 12.0 Å². The van der Waals surface area contributed by atoms with Gasteiger partial charge in [0.15, 0.2) is 0 Å². The van der Waals surface area contributed by atoms with Crippen molar-refractivity contribution in [3.8, 4) is 0 Å². The van der Waals surface area contributed by atoms with Crippen LogP contribution in [0.5, 0.6) is 0 Å². The minimum absolute atomic E-state index is 0.115. The molecule has 2 aliphatic heterocycles. The molecule has 5 heteroatoms. The van der Waals surface area contributed by atoms with Crippen LogP contribution in [-0.2, 0) is 4.79 Å². The van der Waals surface area contributed by atoms with Crippen LogP contribution in [0, 0.1) is 5.82 Å². The fourth-order valence-corrected chi connectivity index (χ4v) is 4.28. The first-order valence-electron chi connectivity index (χ1n) is 7.62. The van der Waals surface area contributed by atoms with E-state index in [1.807, 2.05) is 23.6 Å². The summed E-state index contributed by atoms with van der Waals surface area (Å²) in [6, 6.07) is 6.68. The van der Waals surface area contributed by atoms with Gasteiger partial charge in [-0.15, -0.1) is 0 Å². The van der Waals surface area contributed by atoms with Gasteiger partial charge in [0.25, 0.3) is 0 Å². The zero-order chi connectivity index (χ0) is 14.8. The lowest BCUT2D eigenvalue weighted by atomic mass is 10.1. The van der Waals surface area contributed by atoms with Crippen LogP contribution in [0.15, 0.2) is 24.3 Å². The van der Waals surface area contributed by atoms with Crippen molar-refractivity contribution in [3.05, 3.63) is 35.6 Å². The fourth-order valence-electron chi connectivity index (χ4n) is 3.20. The molecule has 21 heavy (non-hydrogen) atoms. The van der Waals surface area contributed by atoms with E-state index in [-0.39, 0.29) is 23.9 Å². The largest absolute Gasteiger partial charge is 0.319 e. The van der Waals surface area contributed by atoms with Crippen LogP contribution in [-0.4, -0.2) is 34.4 Å². The number of carbonyl (C=O) groups is 1. The highest BCUT2D eigenvalue weighted by atomic mass is 32.2. The number of carbonyl (C=O) groups excluding carboxylic acids is 1. The average molecular weight is 308 g/mol. The molecule has 2 atom stereocenters. The monoisotopic (exact) mass is 308 g/mol. The Kier molecular flexibility index (Phi) is 4.50. The van der Waals surface area contributed by atoms with Crippen LogP contribution < -0.4 is 5.32 Å². The Morgan fingerprint density at radius 2 is 1.95 bits per heavy atom. The lowest BCUT2D eigenvalue weighted by Crippen LogP contribution is -2.42. The number of rotatable bonds is 3. The van der Waals surface area contributed by atoms with Gasteiger partial charge in [0, 0.05) is 6.04 Å². The molecule has 1 aromatic rings. The predicted octanol–water partition coefficient (Wildman–Crippen LogP) is 2.93. The molecule has 0 aromatic heterocycles. The standard InChI is InChI=1S/C16H21FN2OS/c1-2-14-16(20)19(13-7-9-21-10-8-13)15(18-14)11-3-5-12(17)6-4-11/h3-6,13-15,18H,2,7-10H2,1H3. The molecule has 2 heterocycles. The van der Waals surface area contributed by atoms with Crippen LogP contribution in [0.3, 0.4) is 0 Å². The van der Waals surface area contributed by atoms with E-state index in [2.05, 4.69) is 5.32 Å². The second-order valence-electron chi connectivity index (χ2n) is 5.67. The number of hydrogen-bond acceptors (Lipinski definition) is 3. The molecule has 1 N–H and O–H groups in total. The molecule has 1 amide bonds. The SMILES string of the molecule is CCC1NC(c2ccc(F)cc2)N(C2CCSCC2)C1=O. The third kappa shape index (κ3) is 2.94. The third-order valence-electron chi connectivity index (χ3n) is 4.37. The van der Waals surface area contributed by atoms with E-state index in [1.165, 1.54) is 12.1 Å². The van der Waals surface area contributed by atoms with Crippen molar-refractivity contribution in [2.75, 3.05) is 11.5 Å². The van der Waals surface area contributed by atoms with Crippen LogP contribution >= 0.6 is 11.8 Å². The maximum atomic E-state index is 13.1. The zero-order valence-electron chi connectivity index (χ0n) is 12.2. The molecular weight excluding hydrogens is 287 g/mol. The van der Waals surface area contributed by atoms with E-state index in [4.69, 9.17) is 0 Å². The quantitative estimate of drug-likeness (QED) is 0.932. The van der Waals surface area contributed by atoms with Gasteiger partial charge in [0.2, 0.25) is 5.91 Å². The average Bonchev–Trinajstić information content (AvgIpc) is 2.85. The van der Waals surface area contributed by atoms with Gasteiger partial charge >= 0.3 is 0 Å². The maximum absolute atomic E-state index is 13.1. The van der Waals surface area contributed by atoms with Crippen molar-refractivity contribution in [3.63, 3.8) is 0 Å². The first kappa shape index (κ1) is 14.9. The summed E-state index contributed by atoms with van der Waals surface area (Å²) in [4.78, 5) is 14.7. The molecule has 3 rings (SSSR count). The van der Waals surface area contributed by atoms with Gasteiger partial charge in [-0.3, -0.25) is 10.1 Å². The normalized spacial score (nSPS) is 27.3. The molecule has 0 aliphatic carbocycles. The topological polar surface area (TPSA) is 32.3 Å². The highest BCUT2D eigenvalue weighted by Gasteiger charge is 2.42. The summed E-state index contributed by atoms with van der Waals surface area (Å²) in [5.41, 5.74) is 0.971. The highest BCUT2D eigenvalue weighted by molar-refractivity contribution is 7.99. The first-order chi connectivity index (χ1) is 10.2. The summed E-state index contributed by atoms with van der Waals surface area (Å²) in [7, 11) is 0. The molecule has 114 valence electrons. The van der Waals surface area contributed by atoms with Crippen molar-refractivity contribution in [1.82, 2.24) is 10.2 Å². The number of hydrogen-bond donors (Lipinski definition) is 1. The van der Waals surface area contributed by atoms with Crippen LogP contribution in [0.25, 0.3) is 0 Å². The second kappa shape index (κ2) is 6.36. The van der Waals surface area contributed by atoms with E-state index in [0.717, 1.165) is 36.3 Å². The maximum Gasteiger partial charge on any atom is 0.241 e. The molecule has 1 aromatic carbocycles. The molecular formula is C16H21FN2OS. The summed E-state index contributed by atoms with van der Waals surface area (Å²) in [5, 5.41) is 3.42. The summed E-state index contributed by atoms with van der Waals surface area (Å²) < 4.78 is 13.1. The lowest BCUT2D eigenvalue weighted by molar-refractivity contribution is -0.132. The Labute approximate surface area is 129 Å². The minimum Gasteiger partial charge on any atom is -0.319 e. The molecule has 0 saturated carbocycles. The Morgan fingerprint density at radius 3 is 2.57 bits per heavy atom. The van der Waals surface area contributed by atoms with Gasteiger partial charge in [-0.2, -0.15) is 11.8 Å².